The van der Waals surface area contributed by atoms with E-state index in [1.165, 1.54) is 35.5 Å². The Kier molecular flexibility index (Phi) is 9.52. The number of amides is 2. The maximum absolute atomic E-state index is 13.1. The van der Waals surface area contributed by atoms with Crippen molar-refractivity contribution in [3.63, 3.8) is 0 Å². The van der Waals surface area contributed by atoms with Crippen LogP contribution in [-0.4, -0.2) is 118 Å². The van der Waals surface area contributed by atoms with Gasteiger partial charge in [-0.2, -0.15) is 5.01 Å². The molecule has 2 fully saturated rings. The number of nitrogens with two attached hydrogens (primary N) is 1. The van der Waals surface area contributed by atoms with E-state index in [2.05, 4.69) is 25.4 Å². The number of aliphatic hydroxyl groups is 1. The molecule has 2 saturated heterocycles. The number of aliphatic hydroxyl groups excluding tert-OH is 1. The lowest BCUT2D eigenvalue weighted by Gasteiger charge is -2.49. The molecule has 0 aromatic carbocycles. The number of aliphatic carboxylic acids is 1. The van der Waals surface area contributed by atoms with Gasteiger partial charge in [-0.1, -0.05) is 9.83 Å². The molecule has 0 radical (unpaired) electrons. The zero-order valence-corrected chi connectivity index (χ0v) is 25.2. The molecular formula is C25H31N8O6S3+. The first-order valence-electron chi connectivity index (χ1n) is 13.1. The smallest absolute Gasteiger partial charge is 0.352 e. The van der Waals surface area contributed by atoms with Crippen LogP contribution < -0.4 is 20.7 Å². The van der Waals surface area contributed by atoms with Crippen molar-refractivity contribution in [2.24, 2.45) is 5.16 Å². The summed E-state index contributed by atoms with van der Waals surface area (Å²) in [5.41, 5.74) is 6.37. The molecule has 42 heavy (non-hydrogen) atoms. The van der Waals surface area contributed by atoms with Crippen LogP contribution in [-0.2, 0) is 19.2 Å². The van der Waals surface area contributed by atoms with E-state index in [0.29, 0.717) is 23.6 Å². The summed E-state index contributed by atoms with van der Waals surface area (Å²) in [6.45, 7) is 4.34. The highest BCUT2D eigenvalue weighted by atomic mass is 32.2. The zero-order chi connectivity index (χ0) is 29.8. The van der Waals surface area contributed by atoms with Gasteiger partial charge < -0.3 is 26.1 Å². The van der Waals surface area contributed by atoms with Crippen LogP contribution in [0.3, 0.4) is 0 Å². The summed E-state index contributed by atoms with van der Waals surface area (Å²) in [6, 6.07) is 3.05. The molecule has 224 valence electrons. The second kappa shape index (κ2) is 13.3. The first kappa shape index (κ1) is 30.1. The summed E-state index contributed by atoms with van der Waals surface area (Å²) in [6.07, 6.45) is 3.96. The fourth-order valence-corrected chi connectivity index (χ4v) is 7.81. The Balaban J connectivity index is 1.21. The summed E-state index contributed by atoms with van der Waals surface area (Å²) in [7, 11) is 1.29. The molecule has 3 aliphatic heterocycles. The molecule has 14 nitrogen and oxygen atoms in total. The van der Waals surface area contributed by atoms with E-state index in [1.54, 1.807) is 5.38 Å². The Morgan fingerprint density at radius 3 is 2.64 bits per heavy atom. The number of carboxylic acid groups (broad SMARTS) is 1. The number of β-lactam (4-membered cyclic amide) rings is 1. The van der Waals surface area contributed by atoms with Crippen LogP contribution in [0.2, 0.25) is 0 Å². The van der Waals surface area contributed by atoms with Crippen molar-refractivity contribution in [2.75, 3.05) is 68.7 Å². The normalized spacial score (nSPS) is 21.2. The van der Waals surface area contributed by atoms with Crippen LogP contribution in [0.15, 0.2) is 51.2 Å². The van der Waals surface area contributed by atoms with Gasteiger partial charge in [0.25, 0.3) is 11.8 Å². The van der Waals surface area contributed by atoms with E-state index in [4.69, 9.17) is 15.7 Å². The summed E-state index contributed by atoms with van der Waals surface area (Å²) in [5.74, 6) is -1.55. The van der Waals surface area contributed by atoms with Crippen molar-refractivity contribution < 1.29 is 34.1 Å². The van der Waals surface area contributed by atoms with Crippen molar-refractivity contribution in [3.05, 3.63) is 46.9 Å². The first-order valence-corrected chi connectivity index (χ1v) is 16.0. The van der Waals surface area contributed by atoms with Gasteiger partial charge in [-0.25, -0.2) is 9.78 Å². The number of pyridine rings is 1. The van der Waals surface area contributed by atoms with E-state index in [1.807, 2.05) is 29.2 Å². The largest absolute Gasteiger partial charge is 0.477 e. The molecule has 0 saturated carbocycles. The number of nitrogens with one attached hydrogen (secondary N) is 1. The van der Waals surface area contributed by atoms with Crippen molar-refractivity contribution in [3.8, 4) is 0 Å². The van der Waals surface area contributed by atoms with E-state index in [0.717, 1.165) is 42.4 Å². The minimum Gasteiger partial charge on any atom is -0.477 e. The molecule has 0 bridgehead atoms. The second-order valence-corrected chi connectivity index (χ2v) is 12.6. The van der Waals surface area contributed by atoms with Crippen LogP contribution in [0.1, 0.15) is 5.69 Å². The van der Waals surface area contributed by atoms with Gasteiger partial charge >= 0.3 is 5.97 Å². The molecular weight excluding hydrogens is 605 g/mol. The Bertz CT molecular complexity index is 1390. The predicted molar refractivity (Wildman–Crippen MR) is 159 cm³/mol. The van der Waals surface area contributed by atoms with Crippen LogP contribution in [0.4, 0.5) is 5.13 Å². The minimum absolute atomic E-state index is 0.0356. The Labute approximate surface area is 254 Å². The van der Waals surface area contributed by atoms with Crippen molar-refractivity contribution in [1.82, 2.24) is 20.1 Å². The molecule has 0 unspecified atom stereocenters. The minimum atomic E-state index is -1.18. The van der Waals surface area contributed by atoms with Gasteiger partial charge in [0.1, 0.15) is 29.9 Å². The number of carbonyl (C=O) groups excluding carboxylic acids is 2. The van der Waals surface area contributed by atoms with E-state index in [-0.39, 0.29) is 28.8 Å². The number of anilines is 1. The monoisotopic (exact) mass is 635 g/mol. The zero-order valence-electron chi connectivity index (χ0n) is 22.7. The van der Waals surface area contributed by atoms with E-state index < -0.39 is 29.2 Å². The quantitative estimate of drug-likeness (QED) is 0.0791. The van der Waals surface area contributed by atoms with Crippen LogP contribution >= 0.6 is 34.9 Å². The molecule has 2 aromatic rings. The van der Waals surface area contributed by atoms with Gasteiger partial charge in [0, 0.05) is 53.5 Å². The van der Waals surface area contributed by atoms with Crippen molar-refractivity contribution in [1.29, 1.82) is 0 Å². The SMILES string of the molecule is CO/N=C(\C(=O)N[C@@H]1C(=O)N2C(C(=O)O)=C(CSc3cc[n+](N4CCN(CCO)CC4)cc3)CS[C@H]12)c1csc(N)n1. The topological polar surface area (TPSA) is 178 Å². The molecule has 0 spiro atoms. The average Bonchev–Trinajstić information content (AvgIpc) is 3.43. The lowest BCUT2D eigenvalue weighted by molar-refractivity contribution is -0.694. The fourth-order valence-electron chi connectivity index (χ4n) is 4.89. The molecule has 2 atom stereocenters. The van der Waals surface area contributed by atoms with E-state index >= 15 is 0 Å². The number of aromatic nitrogens is 2. The molecule has 5 rings (SSSR count). The third-order valence-electron chi connectivity index (χ3n) is 6.99. The number of carbonyl (C=O) groups is 3. The lowest BCUT2D eigenvalue weighted by atomic mass is 10.0. The summed E-state index contributed by atoms with van der Waals surface area (Å²) in [5, 5.41) is 29.0. The number of carboxylic acids is 1. The third kappa shape index (κ3) is 6.34. The standard InChI is InChI=1S/C25H30N8O6S3/c1-39-29-18(17-14-42-25(26)27-17)21(35)28-19-22(36)33-20(24(37)38)15(13-41-23(19)33)12-40-16-2-4-31(5-3-16)32-8-6-30(7-9-32)10-11-34/h2-5,14,19,23,34H,6-13H2,1H3,(H3-,26,27,28,35,37,38)/p+1/b29-18-/t19-,23-/m1/s1. The summed E-state index contributed by atoms with van der Waals surface area (Å²) < 4.78 is 2.04. The number of β-amino-alcohol motifs (C(OH)–C–C–N with tert-alkyl or cyclic N) is 1. The Morgan fingerprint density at radius 1 is 1.29 bits per heavy atom. The molecule has 2 amide bonds. The number of thiazole rings is 1. The first-order chi connectivity index (χ1) is 20.3. The summed E-state index contributed by atoms with van der Waals surface area (Å²) in [4.78, 5) is 51.6. The number of fused-ring (bicyclic) bond motifs is 1. The Hall–Kier alpha value is -3.38. The number of thioether (sulfide) groups is 2. The highest BCUT2D eigenvalue weighted by molar-refractivity contribution is 8.01. The fraction of sp³-hybridized carbons (Fsp3) is 0.440. The van der Waals surface area contributed by atoms with Crippen LogP contribution in [0.5, 0.6) is 0 Å². The molecule has 5 heterocycles. The maximum atomic E-state index is 13.1. The lowest BCUT2D eigenvalue weighted by Crippen LogP contribution is -2.71. The third-order valence-corrected chi connectivity index (χ3v) is 10.1. The summed E-state index contributed by atoms with van der Waals surface area (Å²) >= 11 is 4.04. The second-order valence-electron chi connectivity index (χ2n) is 9.53. The predicted octanol–water partition coefficient (Wildman–Crippen LogP) is -0.860. The highest BCUT2D eigenvalue weighted by Gasteiger charge is 2.54. The van der Waals surface area contributed by atoms with Crippen LogP contribution in [0.25, 0.3) is 0 Å². The molecule has 2 aromatic heterocycles. The van der Waals surface area contributed by atoms with Crippen molar-refractivity contribution >= 4 is 63.5 Å². The van der Waals surface area contributed by atoms with Crippen LogP contribution in [0, 0.1) is 0 Å². The molecule has 5 N–H and O–H groups in total. The van der Waals surface area contributed by atoms with Gasteiger partial charge in [-0.05, 0) is 5.57 Å². The van der Waals surface area contributed by atoms with Gasteiger partial charge in [0.15, 0.2) is 10.8 Å². The number of nitrogens with zero attached hydrogens (tertiary/aromatic N) is 6. The molecule has 0 aliphatic carbocycles. The van der Waals surface area contributed by atoms with Crippen molar-refractivity contribution in [2.45, 2.75) is 16.3 Å². The van der Waals surface area contributed by atoms with Gasteiger partial charge in [0.05, 0.1) is 19.7 Å². The van der Waals surface area contributed by atoms with Gasteiger partial charge in [-0.3, -0.25) is 19.4 Å². The Morgan fingerprint density at radius 2 is 2.02 bits per heavy atom. The number of hydrogen-bond donors (Lipinski definition) is 4. The van der Waals surface area contributed by atoms with Gasteiger partial charge in [0.2, 0.25) is 12.4 Å². The average molecular weight is 636 g/mol. The number of hydrogen-bond acceptors (Lipinski definition) is 13. The molecule has 17 heteroatoms. The molecule has 3 aliphatic rings. The number of nitrogen functional groups attached to an aromatic ring is 1. The number of piperazine rings is 1. The number of rotatable bonds is 11. The van der Waals surface area contributed by atoms with E-state index in [9.17, 15) is 19.5 Å². The van der Waals surface area contributed by atoms with Gasteiger partial charge in [-0.15, -0.1) is 34.9 Å². The highest BCUT2D eigenvalue weighted by Crippen LogP contribution is 2.41. The maximum Gasteiger partial charge on any atom is 0.352 e. The number of oxime groups is 1.